The van der Waals surface area contributed by atoms with Crippen molar-refractivity contribution in [1.29, 1.82) is 0 Å². The van der Waals surface area contributed by atoms with Gasteiger partial charge in [0.05, 0.1) is 9.92 Å². The molecule has 0 fully saturated rings. The first-order valence-electron chi connectivity index (χ1n) is 3.06. The van der Waals surface area contributed by atoms with Crippen LogP contribution in [0.1, 0.15) is 0 Å². The molecule has 0 aromatic heterocycles. The summed E-state index contributed by atoms with van der Waals surface area (Å²) in [5.74, 6) is 0. The lowest BCUT2D eigenvalue weighted by Gasteiger charge is -1.99. The van der Waals surface area contributed by atoms with E-state index in [0.29, 0.717) is 9.92 Å². The van der Waals surface area contributed by atoms with Crippen LogP contribution in [0.5, 0.6) is 0 Å². The Labute approximate surface area is 90.0 Å². The number of benzene rings is 1. The first-order valence-corrected chi connectivity index (χ1v) is 6.41. The average Bonchev–Trinajstić information content (AvgIpc) is 1.92. The average molecular weight is 317 g/mol. The molecule has 0 unspecified atom stereocenters. The van der Waals surface area contributed by atoms with E-state index in [-0.39, 0.29) is 0 Å². The summed E-state index contributed by atoms with van der Waals surface area (Å²) in [6.45, 7) is 0. The SMILES string of the molecule is CS(=O)(=O)c1ccc(Cl)c(I)c1. The quantitative estimate of drug-likeness (QED) is 0.745. The van der Waals surface area contributed by atoms with E-state index < -0.39 is 9.84 Å². The van der Waals surface area contributed by atoms with Crippen LogP contribution in [0.2, 0.25) is 5.02 Å². The first kappa shape index (κ1) is 10.3. The van der Waals surface area contributed by atoms with Gasteiger partial charge in [-0.3, -0.25) is 0 Å². The summed E-state index contributed by atoms with van der Waals surface area (Å²) in [5, 5.41) is 0.572. The predicted octanol–water partition coefficient (Wildman–Crippen LogP) is 2.35. The highest BCUT2D eigenvalue weighted by Crippen LogP contribution is 2.21. The maximum atomic E-state index is 11.0. The largest absolute Gasteiger partial charge is 0.224 e. The normalized spacial score (nSPS) is 11.6. The fraction of sp³-hybridized carbons (Fsp3) is 0.143. The lowest BCUT2D eigenvalue weighted by Crippen LogP contribution is -1.96. The second-order valence-corrected chi connectivity index (χ2v) is 5.93. The molecule has 0 spiro atoms. The molecular weight excluding hydrogens is 310 g/mol. The van der Waals surface area contributed by atoms with Crippen molar-refractivity contribution in [3.05, 3.63) is 26.8 Å². The van der Waals surface area contributed by atoms with Gasteiger partial charge in [0.2, 0.25) is 0 Å². The molecule has 0 saturated heterocycles. The second-order valence-electron chi connectivity index (χ2n) is 2.35. The van der Waals surface area contributed by atoms with E-state index in [4.69, 9.17) is 11.6 Å². The van der Waals surface area contributed by atoms with Crippen LogP contribution in [0, 0.1) is 3.57 Å². The zero-order valence-electron chi connectivity index (χ0n) is 6.21. The lowest BCUT2D eigenvalue weighted by molar-refractivity contribution is 0.602. The highest BCUT2D eigenvalue weighted by atomic mass is 127. The molecule has 0 radical (unpaired) electrons. The molecule has 0 N–H and O–H groups in total. The van der Waals surface area contributed by atoms with Crippen molar-refractivity contribution < 1.29 is 8.42 Å². The zero-order chi connectivity index (χ0) is 9.35. The van der Waals surface area contributed by atoms with E-state index >= 15 is 0 Å². The molecule has 0 atom stereocenters. The van der Waals surface area contributed by atoms with Gasteiger partial charge in [-0.1, -0.05) is 11.6 Å². The Bertz CT molecular complexity index is 400. The fourth-order valence-electron chi connectivity index (χ4n) is 0.707. The smallest absolute Gasteiger partial charge is 0.175 e. The molecule has 5 heteroatoms. The van der Waals surface area contributed by atoms with Gasteiger partial charge in [-0.25, -0.2) is 8.42 Å². The summed E-state index contributed by atoms with van der Waals surface area (Å²) in [6.07, 6.45) is 1.17. The van der Waals surface area contributed by atoms with Gasteiger partial charge in [0, 0.05) is 9.83 Å². The lowest BCUT2D eigenvalue weighted by atomic mass is 10.4. The van der Waals surface area contributed by atoms with Crippen molar-refractivity contribution >= 4 is 44.0 Å². The van der Waals surface area contributed by atoms with Crippen LogP contribution in [-0.4, -0.2) is 14.7 Å². The van der Waals surface area contributed by atoms with E-state index in [1.54, 1.807) is 12.1 Å². The van der Waals surface area contributed by atoms with E-state index in [2.05, 4.69) is 0 Å². The molecule has 0 aliphatic carbocycles. The molecule has 1 aromatic carbocycles. The van der Waals surface area contributed by atoms with Crippen molar-refractivity contribution in [2.75, 3.05) is 6.26 Å². The van der Waals surface area contributed by atoms with Crippen LogP contribution in [0.15, 0.2) is 23.1 Å². The van der Waals surface area contributed by atoms with Crippen molar-refractivity contribution in [2.24, 2.45) is 0 Å². The van der Waals surface area contributed by atoms with Gasteiger partial charge < -0.3 is 0 Å². The van der Waals surface area contributed by atoms with Crippen LogP contribution < -0.4 is 0 Å². The number of hydrogen-bond donors (Lipinski definition) is 0. The van der Waals surface area contributed by atoms with Gasteiger partial charge in [0.15, 0.2) is 9.84 Å². The number of rotatable bonds is 1. The number of halogens is 2. The highest BCUT2D eigenvalue weighted by Gasteiger charge is 2.08. The van der Waals surface area contributed by atoms with Crippen molar-refractivity contribution in [3.63, 3.8) is 0 Å². The maximum Gasteiger partial charge on any atom is 0.175 e. The summed E-state index contributed by atoms with van der Waals surface area (Å²) in [6, 6.07) is 4.64. The summed E-state index contributed by atoms with van der Waals surface area (Å²) >= 11 is 7.72. The minimum Gasteiger partial charge on any atom is -0.224 e. The molecule has 1 aromatic rings. The van der Waals surface area contributed by atoms with Crippen LogP contribution in [0.4, 0.5) is 0 Å². The molecule has 2 nitrogen and oxygen atoms in total. The van der Waals surface area contributed by atoms with Crippen molar-refractivity contribution in [3.8, 4) is 0 Å². The summed E-state index contributed by atoms with van der Waals surface area (Å²) < 4.78 is 22.8. The molecule has 0 aliphatic heterocycles. The molecular formula is C7H6ClIO2S. The van der Waals surface area contributed by atoms with Gasteiger partial charge in [-0.2, -0.15) is 0 Å². The molecule has 66 valence electrons. The summed E-state index contributed by atoms with van der Waals surface area (Å²) in [5.41, 5.74) is 0. The van der Waals surface area contributed by atoms with Crippen LogP contribution in [0.25, 0.3) is 0 Å². The standard InChI is InChI=1S/C7H6ClIO2S/c1-12(10,11)5-2-3-6(8)7(9)4-5/h2-4H,1H3. The Morgan fingerprint density at radius 2 is 2.00 bits per heavy atom. The molecule has 0 heterocycles. The third kappa shape index (κ3) is 2.34. The molecule has 0 amide bonds. The maximum absolute atomic E-state index is 11.0. The second kappa shape index (κ2) is 3.51. The highest BCUT2D eigenvalue weighted by molar-refractivity contribution is 14.1. The minimum atomic E-state index is -3.11. The topological polar surface area (TPSA) is 34.1 Å². The van der Waals surface area contributed by atoms with E-state index in [1.807, 2.05) is 22.6 Å². The molecule has 0 aliphatic rings. The monoisotopic (exact) mass is 316 g/mol. The Balaban J connectivity index is 3.33. The summed E-state index contributed by atoms with van der Waals surface area (Å²) in [7, 11) is -3.11. The first-order chi connectivity index (χ1) is 5.41. The Hall–Kier alpha value is 0.190. The molecule has 0 saturated carbocycles. The van der Waals surface area contributed by atoms with Gasteiger partial charge in [0.1, 0.15) is 0 Å². The van der Waals surface area contributed by atoms with Gasteiger partial charge in [-0.15, -0.1) is 0 Å². The van der Waals surface area contributed by atoms with E-state index in [9.17, 15) is 8.42 Å². The van der Waals surface area contributed by atoms with Crippen LogP contribution in [-0.2, 0) is 9.84 Å². The third-order valence-corrected chi connectivity index (χ3v) is 3.97. The molecule has 0 bridgehead atoms. The Kier molecular flexibility index (Phi) is 3.01. The molecule has 1 rings (SSSR count). The number of sulfone groups is 1. The number of hydrogen-bond acceptors (Lipinski definition) is 2. The van der Waals surface area contributed by atoms with Crippen LogP contribution in [0.3, 0.4) is 0 Å². The van der Waals surface area contributed by atoms with Crippen LogP contribution >= 0.6 is 34.2 Å². The zero-order valence-corrected chi connectivity index (χ0v) is 9.94. The third-order valence-electron chi connectivity index (χ3n) is 1.32. The summed E-state index contributed by atoms with van der Waals surface area (Å²) in [4.78, 5) is 0.302. The van der Waals surface area contributed by atoms with Crippen molar-refractivity contribution in [2.45, 2.75) is 4.90 Å². The van der Waals surface area contributed by atoms with Gasteiger partial charge in [0.25, 0.3) is 0 Å². The van der Waals surface area contributed by atoms with E-state index in [1.165, 1.54) is 12.3 Å². The minimum absolute atomic E-state index is 0.302. The molecule has 12 heavy (non-hydrogen) atoms. The van der Waals surface area contributed by atoms with E-state index in [0.717, 1.165) is 3.57 Å². The predicted molar refractivity (Wildman–Crippen MR) is 57.3 cm³/mol. The fourth-order valence-corrected chi connectivity index (χ4v) is 2.20. The Morgan fingerprint density at radius 1 is 1.42 bits per heavy atom. The van der Waals surface area contributed by atoms with Gasteiger partial charge in [-0.05, 0) is 40.8 Å². The Morgan fingerprint density at radius 3 is 2.42 bits per heavy atom. The van der Waals surface area contributed by atoms with Gasteiger partial charge >= 0.3 is 0 Å². The van der Waals surface area contributed by atoms with Crippen molar-refractivity contribution in [1.82, 2.24) is 0 Å².